The number of hydrogen-bond donors (Lipinski definition) is 2. The van der Waals surface area contributed by atoms with Crippen LogP contribution in [0.15, 0.2) is 59.8 Å². The molecule has 1 fully saturated rings. The zero-order chi connectivity index (χ0) is 29.9. The van der Waals surface area contributed by atoms with Crippen LogP contribution < -0.4 is 10.9 Å². The Morgan fingerprint density at radius 1 is 1.10 bits per heavy atom. The molecule has 2 N–H and O–H groups in total. The molecule has 3 aromatic rings. The molecular formula is C31H36F2N4O4. The van der Waals surface area contributed by atoms with E-state index < -0.39 is 35.4 Å². The number of carboxylic acid groups (broad SMARTS) is 1. The van der Waals surface area contributed by atoms with E-state index in [9.17, 15) is 28.3 Å². The van der Waals surface area contributed by atoms with E-state index in [1.54, 1.807) is 23.4 Å². The van der Waals surface area contributed by atoms with Gasteiger partial charge in [0, 0.05) is 36.8 Å². The molecule has 8 nitrogen and oxygen atoms in total. The monoisotopic (exact) mass is 566 g/mol. The Morgan fingerprint density at radius 3 is 2.39 bits per heavy atom. The van der Waals surface area contributed by atoms with Crippen molar-refractivity contribution in [3.8, 4) is 11.1 Å². The standard InChI is InChI=1S/C31H36F2N4O4/c1-19(2)10-26(37-16-22(8-9-27(37)38)15-36-17-31(32,33)18-36)30(41)35-25(12-28(39)40)23-11-24(14-34-13-23)29-20(3)6-5-7-21(29)4/h5-9,11,13-14,16,19,25-26H,10,12,15,17-18H2,1-4H3,(H,35,41)(H,39,40)/t25-,26?/m0/s1. The van der Waals surface area contributed by atoms with Crippen molar-refractivity contribution >= 4 is 11.9 Å². The number of carbonyl (C=O) groups excluding carboxylic acids is 1. The molecule has 0 bridgehead atoms. The quantitative estimate of drug-likeness (QED) is 0.342. The molecule has 3 heterocycles. The highest BCUT2D eigenvalue weighted by molar-refractivity contribution is 5.82. The first kappa shape index (κ1) is 30.0. The van der Waals surface area contributed by atoms with Crippen molar-refractivity contribution in [3.63, 3.8) is 0 Å². The van der Waals surface area contributed by atoms with E-state index in [2.05, 4.69) is 10.3 Å². The second kappa shape index (κ2) is 12.3. The Hall–Kier alpha value is -3.92. The molecule has 0 saturated carbocycles. The highest BCUT2D eigenvalue weighted by atomic mass is 19.3. The number of nitrogens with zero attached hydrogens (tertiary/aromatic N) is 3. The molecule has 1 aliphatic rings. The van der Waals surface area contributed by atoms with Crippen LogP contribution in [0.4, 0.5) is 8.78 Å². The molecule has 10 heteroatoms. The van der Waals surface area contributed by atoms with Gasteiger partial charge in [0.05, 0.1) is 25.6 Å². The van der Waals surface area contributed by atoms with Crippen molar-refractivity contribution in [3.05, 3.63) is 87.6 Å². The number of carboxylic acids is 1. The zero-order valence-corrected chi connectivity index (χ0v) is 23.7. The number of aromatic nitrogens is 2. The van der Waals surface area contributed by atoms with E-state index in [1.165, 1.54) is 16.8 Å². The van der Waals surface area contributed by atoms with E-state index in [0.717, 1.165) is 22.3 Å². The highest BCUT2D eigenvalue weighted by Gasteiger charge is 2.43. The topological polar surface area (TPSA) is 105 Å². The lowest BCUT2D eigenvalue weighted by atomic mass is 9.94. The predicted octanol–water partition coefficient (Wildman–Crippen LogP) is 4.90. The fraction of sp³-hybridized carbons (Fsp3) is 0.419. The Labute approximate surface area is 238 Å². The largest absolute Gasteiger partial charge is 0.481 e. The van der Waals surface area contributed by atoms with Gasteiger partial charge >= 0.3 is 5.97 Å². The van der Waals surface area contributed by atoms with Gasteiger partial charge in [-0.05, 0) is 60.1 Å². The number of nitrogens with one attached hydrogen (secondary N) is 1. The number of aryl methyl sites for hydroxylation is 2. The molecule has 1 saturated heterocycles. The van der Waals surface area contributed by atoms with Gasteiger partial charge in [0.25, 0.3) is 11.5 Å². The third kappa shape index (κ3) is 7.43. The van der Waals surface area contributed by atoms with E-state index in [4.69, 9.17) is 0 Å². The second-order valence-electron chi connectivity index (χ2n) is 11.4. The molecule has 41 heavy (non-hydrogen) atoms. The van der Waals surface area contributed by atoms with Crippen molar-refractivity contribution < 1.29 is 23.5 Å². The van der Waals surface area contributed by atoms with Gasteiger partial charge in [-0.3, -0.25) is 24.3 Å². The van der Waals surface area contributed by atoms with Crippen LogP contribution >= 0.6 is 0 Å². The average Bonchev–Trinajstić information content (AvgIpc) is 2.87. The Bertz CT molecular complexity index is 1460. The minimum Gasteiger partial charge on any atom is -0.481 e. The fourth-order valence-electron chi connectivity index (χ4n) is 5.41. The summed E-state index contributed by atoms with van der Waals surface area (Å²) in [4.78, 5) is 44.4. The summed E-state index contributed by atoms with van der Waals surface area (Å²) in [7, 11) is 0. The molecule has 0 radical (unpaired) electrons. The summed E-state index contributed by atoms with van der Waals surface area (Å²) in [5, 5.41) is 12.5. The smallest absolute Gasteiger partial charge is 0.305 e. The van der Waals surface area contributed by atoms with Crippen LogP contribution in [0.5, 0.6) is 0 Å². The number of benzene rings is 1. The Morgan fingerprint density at radius 2 is 1.78 bits per heavy atom. The molecule has 1 aromatic carbocycles. The van der Waals surface area contributed by atoms with Crippen LogP contribution in [0, 0.1) is 19.8 Å². The maximum Gasteiger partial charge on any atom is 0.305 e. The fourth-order valence-corrected chi connectivity index (χ4v) is 5.41. The van der Waals surface area contributed by atoms with Crippen molar-refractivity contribution in [2.75, 3.05) is 13.1 Å². The first-order valence-corrected chi connectivity index (χ1v) is 13.7. The van der Waals surface area contributed by atoms with Gasteiger partial charge in [-0.2, -0.15) is 0 Å². The highest BCUT2D eigenvalue weighted by Crippen LogP contribution is 2.30. The van der Waals surface area contributed by atoms with E-state index in [-0.39, 0.29) is 32.0 Å². The van der Waals surface area contributed by atoms with Crippen molar-refractivity contribution in [2.24, 2.45) is 5.92 Å². The van der Waals surface area contributed by atoms with Gasteiger partial charge in [-0.1, -0.05) is 38.1 Å². The van der Waals surface area contributed by atoms with Crippen LogP contribution in [0.2, 0.25) is 0 Å². The number of carbonyl (C=O) groups is 2. The minimum absolute atomic E-state index is 0.0299. The lowest BCUT2D eigenvalue weighted by molar-refractivity contribution is -0.138. The van der Waals surface area contributed by atoms with E-state index >= 15 is 0 Å². The SMILES string of the molecule is Cc1cccc(C)c1-c1cncc([C@H](CC(=O)O)NC(=O)C(CC(C)C)n2cc(CN3CC(F)(F)C3)ccc2=O)c1. The van der Waals surface area contributed by atoms with Gasteiger partial charge in [-0.15, -0.1) is 0 Å². The zero-order valence-electron chi connectivity index (χ0n) is 23.7. The lowest BCUT2D eigenvalue weighted by Gasteiger charge is -2.38. The second-order valence-corrected chi connectivity index (χ2v) is 11.4. The van der Waals surface area contributed by atoms with Gasteiger partial charge < -0.3 is 15.0 Å². The molecule has 4 rings (SSSR count). The summed E-state index contributed by atoms with van der Waals surface area (Å²) in [6.45, 7) is 7.34. The van der Waals surface area contributed by atoms with Crippen molar-refractivity contribution in [2.45, 2.75) is 65.1 Å². The lowest BCUT2D eigenvalue weighted by Crippen LogP contribution is -2.55. The normalized spacial score (nSPS) is 16.2. The van der Waals surface area contributed by atoms with Crippen LogP contribution in [0.25, 0.3) is 11.1 Å². The molecule has 1 unspecified atom stereocenters. The summed E-state index contributed by atoms with van der Waals surface area (Å²) in [6, 6.07) is 8.87. The molecule has 1 amide bonds. The number of likely N-dealkylation sites (tertiary alicyclic amines) is 1. The number of alkyl halides is 2. The molecule has 0 spiro atoms. The number of pyridine rings is 2. The summed E-state index contributed by atoms with van der Waals surface area (Å²) >= 11 is 0. The minimum atomic E-state index is -2.71. The molecule has 1 aliphatic heterocycles. The van der Waals surface area contributed by atoms with E-state index in [0.29, 0.717) is 17.5 Å². The average molecular weight is 567 g/mol. The van der Waals surface area contributed by atoms with Crippen LogP contribution in [0.1, 0.15) is 61.0 Å². The third-order valence-electron chi connectivity index (χ3n) is 7.28. The maximum atomic E-state index is 13.8. The van der Waals surface area contributed by atoms with Gasteiger partial charge in [0.1, 0.15) is 6.04 Å². The summed E-state index contributed by atoms with van der Waals surface area (Å²) < 4.78 is 28.0. The third-order valence-corrected chi connectivity index (χ3v) is 7.28. The molecule has 2 atom stereocenters. The number of rotatable bonds is 11. The Balaban J connectivity index is 1.63. The molecule has 0 aliphatic carbocycles. The Kier molecular flexibility index (Phi) is 9.01. The molecular weight excluding hydrogens is 530 g/mol. The van der Waals surface area contributed by atoms with Crippen LogP contribution in [-0.4, -0.2) is 50.4 Å². The van der Waals surface area contributed by atoms with Crippen molar-refractivity contribution in [1.29, 1.82) is 0 Å². The number of halogens is 2. The summed E-state index contributed by atoms with van der Waals surface area (Å²) in [6.07, 6.45) is 4.73. The molecule has 218 valence electrons. The maximum absolute atomic E-state index is 13.8. The van der Waals surface area contributed by atoms with Gasteiger partial charge in [-0.25, -0.2) is 8.78 Å². The summed E-state index contributed by atoms with van der Waals surface area (Å²) in [5.41, 5.74) is 4.64. The van der Waals surface area contributed by atoms with Crippen LogP contribution in [0.3, 0.4) is 0 Å². The predicted molar refractivity (Wildman–Crippen MR) is 152 cm³/mol. The molecule has 2 aromatic heterocycles. The first-order chi connectivity index (χ1) is 19.3. The van der Waals surface area contributed by atoms with E-state index in [1.807, 2.05) is 52.0 Å². The van der Waals surface area contributed by atoms with Gasteiger partial charge in [0.2, 0.25) is 5.91 Å². The van der Waals surface area contributed by atoms with Crippen molar-refractivity contribution in [1.82, 2.24) is 19.8 Å². The summed E-state index contributed by atoms with van der Waals surface area (Å²) in [5.74, 6) is -4.28. The first-order valence-electron chi connectivity index (χ1n) is 13.7. The number of hydrogen-bond acceptors (Lipinski definition) is 5. The van der Waals surface area contributed by atoms with Crippen LogP contribution in [-0.2, 0) is 16.1 Å². The number of amides is 1. The van der Waals surface area contributed by atoms with Gasteiger partial charge in [0.15, 0.2) is 0 Å². The number of aliphatic carboxylic acids is 1.